The monoisotopic (exact) mass is 308 g/mol. The zero-order chi connectivity index (χ0) is 13.2. The lowest BCUT2D eigenvalue weighted by Crippen LogP contribution is -2.30. The molecule has 0 aliphatic rings. The van der Waals surface area contributed by atoms with Crippen molar-refractivity contribution in [3.63, 3.8) is 0 Å². The molecule has 2 aromatic heterocycles. The number of nitrogens with zero attached hydrogens (tertiary/aromatic N) is 3. The van der Waals surface area contributed by atoms with Crippen LogP contribution in [0.5, 0.6) is 0 Å². The van der Waals surface area contributed by atoms with E-state index in [9.17, 15) is 4.79 Å². The number of pyridine rings is 1. The van der Waals surface area contributed by atoms with Gasteiger partial charge in [-0.1, -0.05) is 15.9 Å². The molecule has 0 bridgehead atoms. The third-order valence-corrected chi connectivity index (χ3v) is 2.67. The number of amides is 1. The first-order valence-corrected chi connectivity index (χ1v) is 6.21. The average Bonchev–Trinajstić information content (AvgIpc) is 2.82. The van der Waals surface area contributed by atoms with Gasteiger partial charge in [0.15, 0.2) is 0 Å². The Balaban J connectivity index is 2.12. The summed E-state index contributed by atoms with van der Waals surface area (Å²) >= 11 is 3.30. The summed E-state index contributed by atoms with van der Waals surface area (Å²) in [5.41, 5.74) is 0.663. The van der Waals surface area contributed by atoms with Crippen molar-refractivity contribution in [3.8, 4) is 5.82 Å². The van der Waals surface area contributed by atoms with Crippen LogP contribution in [0.2, 0.25) is 0 Å². The van der Waals surface area contributed by atoms with Crippen LogP contribution in [0.1, 0.15) is 13.8 Å². The van der Waals surface area contributed by atoms with Crippen LogP contribution < -0.4 is 5.32 Å². The summed E-state index contributed by atoms with van der Waals surface area (Å²) < 4.78 is 1.19. The lowest BCUT2D eigenvalue weighted by molar-refractivity contribution is -0.117. The second kappa shape index (κ2) is 4.89. The van der Waals surface area contributed by atoms with E-state index in [1.165, 1.54) is 0 Å². The van der Waals surface area contributed by atoms with E-state index < -0.39 is 4.32 Å². The van der Waals surface area contributed by atoms with E-state index in [2.05, 4.69) is 31.2 Å². The second-order valence-corrected chi connectivity index (χ2v) is 6.28. The molecule has 0 aliphatic carbocycles. The molecule has 2 rings (SSSR count). The minimum atomic E-state index is -0.601. The number of anilines is 1. The van der Waals surface area contributed by atoms with Gasteiger partial charge < -0.3 is 5.32 Å². The van der Waals surface area contributed by atoms with Crippen LogP contribution in [0.25, 0.3) is 5.82 Å². The van der Waals surface area contributed by atoms with Gasteiger partial charge in [0.25, 0.3) is 0 Å². The number of imidazole rings is 1. The number of nitrogens with one attached hydrogen (secondary N) is 1. The highest BCUT2D eigenvalue weighted by Crippen LogP contribution is 2.18. The van der Waals surface area contributed by atoms with Gasteiger partial charge in [-0.2, -0.15) is 0 Å². The van der Waals surface area contributed by atoms with Crippen molar-refractivity contribution >= 4 is 27.5 Å². The van der Waals surface area contributed by atoms with Crippen molar-refractivity contribution in [1.29, 1.82) is 0 Å². The molecule has 0 fully saturated rings. The summed E-state index contributed by atoms with van der Waals surface area (Å²) in [4.78, 5) is 19.9. The van der Waals surface area contributed by atoms with Gasteiger partial charge in [0.05, 0.1) is 16.2 Å². The highest BCUT2D eigenvalue weighted by Gasteiger charge is 2.23. The average molecular weight is 309 g/mol. The third-order valence-electron chi connectivity index (χ3n) is 2.31. The Morgan fingerprint density at radius 3 is 2.72 bits per heavy atom. The van der Waals surface area contributed by atoms with Gasteiger partial charge in [-0.15, -0.1) is 0 Å². The first-order chi connectivity index (χ1) is 8.47. The molecule has 0 unspecified atom stereocenters. The molecule has 0 radical (unpaired) electrons. The predicted octanol–water partition coefficient (Wildman–Crippen LogP) is 2.38. The molecule has 1 N–H and O–H groups in total. The number of halogens is 1. The molecule has 0 aromatic carbocycles. The minimum absolute atomic E-state index is 0.111. The Kier molecular flexibility index (Phi) is 3.47. The Hall–Kier alpha value is -1.69. The summed E-state index contributed by atoms with van der Waals surface area (Å²) in [6, 6.07) is 3.62. The van der Waals surface area contributed by atoms with Crippen molar-refractivity contribution in [3.05, 3.63) is 37.1 Å². The Morgan fingerprint density at radius 2 is 2.22 bits per heavy atom. The molecule has 0 saturated carbocycles. The van der Waals surface area contributed by atoms with Gasteiger partial charge in [0.1, 0.15) is 12.1 Å². The maximum absolute atomic E-state index is 11.7. The van der Waals surface area contributed by atoms with Gasteiger partial charge in [0.2, 0.25) is 5.91 Å². The maximum atomic E-state index is 11.7. The molecular formula is C12H13BrN4O. The van der Waals surface area contributed by atoms with E-state index in [4.69, 9.17) is 0 Å². The van der Waals surface area contributed by atoms with Crippen LogP contribution in [0.3, 0.4) is 0 Å². The first-order valence-electron chi connectivity index (χ1n) is 5.41. The number of hydrogen-bond acceptors (Lipinski definition) is 3. The van der Waals surface area contributed by atoms with Gasteiger partial charge in [-0.05, 0) is 26.0 Å². The van der Waals surface area contributed by atoms with E-state index in [1.807, 2.05) is 12.3 Å². The molecule has 0 saturated heterocycles. The standard InChI is InChI=1S/C12H13BrN4O/c1-12(2,13)11(18)16-9-3-4-10(15-7-9)17-6-5-14-8-17/h3-8H,1-2H3,(H,16,18). The van der Waals surface area contributed by atoms with Crippen LogP contribution in [0.4, 0.5) is 5.69 Å². The summed E-state index contributed by atoms with van der Waals surface area (Å²) in [5, 5.41) is 2.78. The summed E-state index contributed by atoms with van der Waals surface area (Å²) in [6.07, 6.45) is 6.78. The lowest BCUT2D eigenvalue weighted by Gasteiger charge is -2.15. The molecule has 0 atom stereocenters. The normalized spacial score (nSPS) is 11.3. The Labute approximate surface area is 113 Å². The van der Waals surface area contributed by atoms with Crippen molar-refractivity contribution in [2.24, 2.45) is 0 Å². The highest BCUT2D eigenvalue weighted by molar-refractivity contribution is 9.10. The molecule has 94 valence electrons. The fraction of sp³-hybridized carbons (Fsp3) is 0.250. The zero-order valence-corrected chi connectivity index (χ0v) is 11.7. The van der Waals surface area contributed by atoms with Crippen LogP contribution >= 0.6 is 15.9 Å². The van der Waals surface area contributed by atoms with Crippen LogP contribution in [0.15, 0.2) is 37.1 Å². The number of carbonyl (C=O) groups excluding carboxylic acids is 1. The molecule has 6 heteroatoms. The van der Waals surface area contributed by atoms with E-state index in [-0.39, 0.29) is 5.91 Å². The Bertz CT molecular complexity index is 528. The minimum Gasteiger partial charge on any atom is -0.324 e. The summed E-state index contributed by atoms with van der Waals surface area (Å²) in [7, 11) is 0. The molecule has 5 nitrogen and oxygen atoms in total. The lowest BCUT2D eigenvalue weighted by atomic mass is 10.2. The molecule has 2 aromatic rings. The van der Waals surface area contributed by atoms with Crippen LogP contribution in [0, 0.1) is 0 Å². The van der Waals surface area contributed by atoms with E-state index >= 15 is 0 Å². The highest BCUT2D eigenvalue weighted by atomic mass is 79.9. The summed E-state index contributed by atoms with van der Waals surface area (Å²) in [5.74, 6) is 0.642. The largest absolute Gasteiger partial charge is 0.324 e. The van der Waals surface area contributed by atoms with Gasteiger partial charge >= 0.3 is 0 Å². The molecule has 0 aliphatic heterocycles. The number of rotatable bonds is 3. The van der Waals surface area contributed by atoms with Crippen LogP contribution in [-0.4, -0.2) is 24.8 Å². The quantitative estimate of drug-likeness (QED) is 0.886. The number of hydrogen-bond donors (Lipinski definition) is 1. The molecular weight excluding hydrogens is 296 g/mol. The maximum Gasteiger partial charge on any atom is 0.240 e. The molecule has 18 heavy (non-hydrogen) atoms. The van der Waals surface area contributed by atoms with Gasteiger partial charge in [-0.25, -0.2) is 9.97 Å². The number of alkyl halides is 1. The first kappa shape index (κ1) is 12.8. The topological polar surface area (TPSA) is 59.8 Å². The van der Waals surface area contributed by atoms with Crippen molar-refractivity contribution in [2.75, 3.05) is 5.32 Å². The van der Waals surface area contributed by atoms with Crippen LogP contribution in [-0.2, 0) is 4.79 Å². The molecule has 0 spiro atoms. The predicted molar refractivity (Wildman–Crippen MR) is 73.0 cm³/mol. The number of aromatic nitrogens is 3. The third kappa shape index (κ3) is 2.95. The SMILES string of the molecule is CC(C)(Br)C(=O)Nc1ccc(-n2ccnc2)nc1. The Morgan fingerprint density at radius 1 is 1.44 bits per heavy atom. The van der Waals surface area contributed by atoms with E-state index in [0.717, 1.165) is 5.82 Å². The smallest absolute Gasteiger partial charge is 0.240 e. The summed E-state index contributed by atoms with van der Waals surface area (Å²) in [6.45, 7) is 3.57. The van der Waals surface area contributed by atoms with E-state index in [0.29, 0.717) is 5.69 Å². The number of carbonyl (C=O) groups is 1. The van der Waals surface area contributed by atoms with Gasteiger partial charge in [-0.3, -0.25) is 9.36 Å². The van der Waals surface area contributed by atoms with Gasteiger partial charge in [0, 0.05) is 12.4 Å². The molecule has 2 heterocycles. The van der Waals surface area contributed by atoms with E-state index in [1.54, 1.807) is 43.2 Å². The van der Waals surface area contributed by atoms with Crippen molar-refractivity contribution < 1.29 is 4.79 Å². The van der Waals surface area contributed by atoms with Crippen molar-refractivity contribution in [1.82, 2.24) is 14.5 Å². The fourth-order valence-electron chi connectivity index (χ4n) is 1.29. The molecule has 1 amide bonds. The fourth-order valence-corrected chi connectivity index (χ4v) is 1.39. The zero-order valence-electron chi connectivity index (χ0n) is 10.1. The van der Waals surface area contributed by atoms with Crippen molar-refractivity contribution in [2.45, 2.75) is 18.2 Å². The second-order valence-electron chi connectivity index (χ2n) is 4.30.